The number of aliphatic hydroxyl groups is 1. The van der Waals surface area contributed by atoms with Crippen LogP contribution in [0.4, 0.5) is 0 Å². The second-order valence-corrected chi connectivity index (χ2v) is 14.3. The van der Waals surface area contributed by atoms with Crippen molar-refractivity contribution in [2.45, 2.75) is 107 Å². The Bertz CT molecular complexity index is 1680. The standard InChI is InChI=1S/C28H28N.C13H24O2.Ir/c1-17-10-13-21-24-20(17)8-7-9-23(24)28(5,6)25-22-14-18(15-27(2,3)4)11-12-19(22)16-29-26(21)25;1-5-10(6-2)12(14)9-13(15)11(7-3)8-4;/h7-12,14,16H,15H2,1-6H3;9-11,14H,5-8H2,1-4H3;/q-1;;/b;12-9-;. The summed E-state index contributed by atoms with van der Waals surface area (Å²) in [6.45, 7) is 21.9. The van der Waals surface area contributed by atoms with Gasteiger partial charge in [0.15, 0.2) is 5.78 Å². The van der Waals surface area contributed by atoms with E-state index in [1.807, 2.05) is 33.9 Å². The van der Waals surface area contributed by atoms with Crippen molar-refractivity contribution in [2.24, 2.45) is 17.3 Å². The second kappa shape index (κ2) is 14.7. The van der Waals surface area contributed by atoms with E-state index in [1.165, 1.54) is 49.9 Å². The van der Waals surface area contributed by atoms with Crippen molar-refractivity contribution in [2.75, 3.05) is 0 Å². The molecule has 0 saturated carbocycles. The van der Waals surface area contributed by atoms with Crippen LogP contribution in [0.3, 0.4) is 0 Å². The maximum atomic E-state index is 11.7. The molecule has 3 nitrogen and oxygen atoms in total. The fraction of sp³-hybridized carbons (Fsp3) is 0.463. The molecule has 1 aliphatic carbocycles. The number of aliphatic hydroxyl groups excluding tert-OH is 1. The molecule has 0 spiro atoms. The van der Waals surface area contributed by atoms with E-state index in [0.29, 0.717) is 0 Å². The van der Waals surface area contributed by atoms with Gasteiger partial charge in [0, 0.05) is 49.6 Å². The number of pyridine rings is 1. The Hall–Kier alpha value is -2.81. The van der Waals surface area contributed by atoms with E-state index in [2.05, 4.69) is 90.1 Å². The van der Waals surface area contributed by atoms with Gasteiger partial charge < -0.3 is 10.1 Å². The number of hydrogen-bond donors (Lipinski definition) is 1. The number of hydrogen-bond acceptors (Lipinski definition) is 3. The molecule has 0 fully saturated rings. The zero-order valence-electron chi connectivity index (χ0n) is 29.0. The van der Waals surface area contributed by atoms with Crippen LogP contribution in [0.15, 0.2) is 60.5 Å². The summed E-state index contributed by atoms with van der Waals surface area (Å²) in [6, 6.07) is 19.3. The molecular formula is C41H52IrNO2-. The third-order valence-corrected chi connectivity index (χ3v) is 9.48. The molecule has 0 unspecified atom stereocenters. The van der Waals surface area contributed by atoms with Crippen LogP contribution in [-0.4, -0.2) is 15.9 Å². The van der Waals surface area contributed by atoms with E-state index in [9.17, 15) is 9.90 Å². The summed E-state index contributed by atoms with van der Waals surface area (Å²) in [5.74, 6) is 0.547. The molecule has 4 aromatic rings. The first-order valence-electron chi connectivity index (χ1n) is 16.6. The maximum Gasteiger partial charge on any atom is 0.162 e. The van der Waals surface area contributed by atoms with Crippen LogP contribution in [0, 0.1) is 30.2 Å². The molecule has 0 atom stereocenters. The van der Waals surface area contributed by atoms with Crippen LogP contribution in [0.1, 0.15) is 110 Å². The van der Waals surface area contributed by atoms with Crippen molar-refractivity contribution in [1.29, 1.82) is 0 Å². The predicted molar refractivity (Wildman–Crippen MR) is 187 cm³/mol. The van der Waals surface area contributed by atoms with Crippen molar-refractivity contribution < 1.29 is 30.0 Å². The SMILES string of the molecule is CCC(CC)C(=O)/C=C(\O)C(CC)CC.Cc1c[c-]c2c3c(cccc13)C(C)(C)c1c-2ncc2ccc(CC(C)(C)C)cc12.[Ir]. The Labute approximate surface area is 285 Å². The molecule has 1 heterocycles. The van der Waals surface area contributed by atoms with E-state index in [-0.39, 0.29) is 54.3 Å². The average Bonchev–Trinajstić information content (AvgIpc) is 2.97. The van der Waals surface area contributed by atoms with Gasteiger partial charge in [-0.2, -0.15) is 0 Å². The number of aryl methyl sites for hydroxylation is 1. The Balaban J connectivity index is 0.000000297. The first kappa shape index (κ1) is 36.7. The van der Waals surface area contributed by atoms with Crippen molar-refractivity contribution in [3.63, 3.8) is 0 Å². The molecule has 5 rings (SSSR count). The minimum Gasteiger partial charge on any atom is -0.512 e. The first-order valence-corrected chi connectivity index (χ1v) is 16.6. The fourth-order valence-electron chi connectivity index (χ4n) is 6.91. The van der Waals surface area contributed by atoms with Crippen LogP contribution in [0.25, 0.3) is 32.8 Å². The predicted octanol–water partition coefficient (Wildman–Crippen LogP) is 11.3. The number of nitrogens with zero attached hydrogens (tertiary/aromatic N) is 1. The smallest absolute Gasteiger partial charge is 0.162 e. The van der Waals surface area contributed by atoms with Crippen LogP contribution in [-0.2, 0) is 36.7 Å². The maximum absolute atomic E-state index is 11.7. The quantitative estimate of drug-likeness (QED) is 0.110. The van der Waals surface area contributed by atoms with E-state index < -0.39 is 0 Å². The van der Waals surface area contributed by atoms with Gasteiger partial charge in [-0.25, -0.2) is 0 Å². The normalized spacial score (nSPS) is 13.8. The average molecular weight is 783 g/mol. The minimum absolute atomic E-state index is 0. The van der Waals surface area contributed by atoms with Gasteiger partial charge in [0.05, 0.1) is 5.76 Å². The Morgan fingerprint density at radius 1 is 0.978 bits per heavy atom. The molecule has 4 heteroatoms. The van der Waals surface area contributed by atoms with Crippen LogP contribution in [0.5, 0.6) is 0 Å². The topological polar surface area (TPSA) is 50.2 Å². The summed E-state index contributed by atoms with van der Waals surface area (Å²) >= 11 is 0. The number of aromatic nitrogens is 1. The van der Waals surface area contributed by atoms with Crippen LogP contribution >= 0.6 is 0 Å². The summed E-state index contributed by atoms with van der Waals surface area (Å²) in [6.07, 6.45) is 8.01. The first-order chi connectivity index (χ1) is 20.8. The van der Waals surface area contributed by atoms with Gasteiger partial charge in [-0.15, -0.1) is 23.3 Å². The molecule has 3 aromatic carbocycles. The third-order valence-electron chi connectivity index (χ3n) is 9.48. The van der Waals surface area contributed by atoms with Crippen molar-refractivity contribution in [3.05, 3.63) is 88.8 Å². The number of allylic oxidation sites excluding steroid dienone is 2. The van der Waals surface area contributed by atoms with Gasteiger partial charge in [0.2, 0.25) is 0 Å². The summed E-state index contributed by atoms with van der Waals surface area (Å²) in [7, 11) is 0. The van der Waals surface area contributed by atoms with Gasteiger partial charge in [-0.1, -0.05) is 122 Å². The van der Waals surface area contributed by atoms with E-state index in [0.717, 1.165) is 43.4 Å². The summed E-state index contributed by atoms with van der Waals surface area (Å²) in [5, 5.41) is 15.0. The van der Waals surface area contributed by atoms with Crippen molar-refractivity contribution in [3.8, 4) is 11.3 Å². The summed E-state index contributed by atoms with van der Waals surface area (Å²) in [4.78, 5) is 16.7. The summed E-state index contributed by atoms with van der Waals surface area (Å²) < 4.78 is 0. The largest absolute Gasteiger partial charge is 0.512 e. The van der Waals surface area contributed by atoms with E-state index >= 15 is 0 Å². The number of carbonyl (C=O) groups excluding carboxylic acids is 1. The van der Waals surface area contributed by atoms with E-state index in [1.54, 1.807) is 0 Å². The molecule has 1 N–H and O–H groups in total. The van der Waals surface area contributed by atoms with Gasteiger partial charge in [-0.3, -0.25) is 4.79 Å². The number of rotatable bonds is 8. The Morgan fingerprint density at radius 2 is 1.62 bits per heavy atom. The molecule has 243 valence electrons. The molecule has 1 radical (unpaired) electrons. The molecule has 0 aliphatic heterocycles. The number of fused-ring (bicyclic) bond motifs is 4. The molecular weight excluding hydrogens is 731 g/mol. The fourth-order valence-corrected chi connectivity index (χ4v) is 6.91. The van der Waals surface area contributed by atoms with Gasteiger partial charge in [0.25, 0.3) is 0 Å². The monoisotopic (exact) mass is 783 g/mol. The van der Waals surface area contributed by atoms with Crippen molar-refractivity contribution in [1.82, 2.24) is 4.98 Å². The second-order valence-electron chi connectivity index (χ2n) is 14.3. The zero-order chi connectivity index (χ0) is 32.4. The van der Waals surface area contributed by atoms with E-state index in [4.69, 9.17) is 4.98 Å². The summed E-state index contributed by atoms with van der Waals surface area (Å²) in [5.41, 5.74) is 7.79. The Kier molecular flexibility index (Phi) is 12.0. The molecule has 1 aliphatic rings. The van der Waals surface area contributed by atoms with Crippen LogP contribution < -0.4 is 0 Å². The van der Waals surface area contributed by atoms with Crippen LogP contribution in [0.2, 0.25) is 0 Å². The molecule has 0 bridgehead atoms. The van der Waals surface area contributed by atoms with Gasteiger partial charge in [0.1, 0.15) is 0 Å². The molecule has 1 aromatic heterocycles. The number of carbonyl (C=O) groups is 1. The molecule has 0 amide bonds. The Morgan fingerprint density at radius 3 is 2.22 bits per heavy atom. The zero-order valence-corrected chi connectivity index (χ0v) is 31.4. The molecule has 45 heavy (non-hydrogen) atoms. The van der Waals surface area contributed by atoms with Gasteiger partial charge >= 0.3 is 0 Å². The number of ketones is 1. The van der Waals surface area contributed by atoms with Crippen molar-refractivity contribution >= 4 is 27.3 Å². The van der Waals surface area contributed by atoms with Gasteiger partial charge in [-0.05, 0) is 65.1 Å². The number of benzene rings is 3. The third kappa shape index (κ3) is 7.61. The minimum atomic E-state index is -0.115. The molecule has 0 saturated heterocycles.